The number of hydrogen-bond donors (Lipinski definition) is 5. The molecule has 12 heteroatoms. The van der Waals surface area contributed by atoms with E-state index in [4.69, 9.17) is 9.79 Å². The van der Waals surface area contributed by atoms with Gasteiger partial charge in [0.25, 0.3) is 0 Å². The van der Waals surface area contributed by atoms with Gasteiger partial charge in [-0.25, -0.2) is 4.57 Å². The first kappa shape index (κ1) is 19.7. The summed E-state index contributed by atoms with van der Waals surface area (Å²) >= 11 is 0. The van der Waals surface area contributed by atoms with E-state index < -0.39 is 45.6 Å². The van der Waals surface area contributed by atoms with E-state index in [1.807, 2.05) is 0 Å². The second-order valence-electron chi connectivity index (χ2n) is 6.03. The van der Waals surface area contributed by atoms with E-state index in [0.717, 1.165) is 0 Å². The molecule has 0 amide bonds. The number of rotatable bonds is 6. The number of piperidine rings is 1. The van der Waals surface area contributed by atoms with Gasteiger partial charge in [-0.15, -0.1) is 0 Å². The Morgan fingerprint density at radius 2 is 1.82 bits per heavy atom. The van der Waals surface area contributed by atoms with Crippen molar-refractivity contribution in [3.8, 4) is 0 Å². The number of phosphoric acid groups is 1. The minimum atomic E-state index is -5.12. The van der Waals surface area contributed by atoms with E-state index in [1.54, 1.807) is 14.1 Å². The van der Waals surface area contributed by atoms with E-state index in [2.05, 4.69) is 4.52 Å². The molecule has 130 valence electrons. The van der Waals surface area contributed by atoms with Gasteiger partial charge in [-0.05, 0) is 12.8 Å². The number of quaternary nitrogens is 1. The van der Waals surface area contributed by atoms with Crippen LogP contribution in [-0.2, 0) is 18.4 Å². The molecule has 0 aliphatic carbocycles. The van der Waals surface area contributed by atoms with E-state index in [0.29, 0.717) is 19.4 Å². The Hall–Kier alpha value is -0.310. The Bertz CT molecular complexity index is 511. The van der Waals surface area contributed by atoms with E-state index >= 15 is 0 Å². The Balaban J connectivity index is 3.08. The van der Waals surface area contributed by atoms with Gasteiger partial charge in [0, 0.05) is 6.42 Å². The summed E-state index contributed by atoms with van der Waals surface area (Å²) < 4.78 is 26.8. The van der Waals surface area contributed by atoms with Crippen molar-refractivity contribution >= 4 is 21.4 Å². The number of carboxylic acids is 1. The van der Waals surface area contributed by atoms with Crippen molar-refractivity contribution < 1.29 is 47.6 Å². The Morgan fingerprint density at radius 3 is 2.23 bits per heavy atom. The highest BCUT2D eigenvalue weighted by molar-refractivity contribution is 7.53. The number of carboxylic acid groups (broad SMARTS) is 1. The molecule has 1 saturated heterocycles. The van der Waals surface area contributed by atoms with Crippen molar-refractivity contribution in [2.24, 2.45) is 5.92 Å². The molecule has 0 saturated carbocycles. The topological polar surface area (TPSA) is 162 Å². The van der Waals surface area contributed by atoms with Gasteiger partial charge in [-0.2, -0.15) is 0 Å². The maximum absolute atomic E-state index is 11.4. The molecule has 10 nitrogen and oxygen atoms in total. The zero-order valence-corrected chi connectivity index (χ0v) is 14.1. The SMILES string of the molecule is C[N+]1(C)CCCC(C(=O)O)C1CC(OP(=O)(O)O)P(=O)(O)O. The Kier molecular flexibility index (Phi) is 5.98. The number of nitrogens with zero attached hydrogens (tertiary/aromatic N) is 1. The summed E-state index contributed by atoms with van der Waals surface area (Å²) in [4.78, 5) is 47.5. The highest BCUT2D eigenvalue weighted by atomic mass is 31.2. The smallest absolute Gasteiger partial charge is 0.470 e. The van der Waals surface area contributed by atoms with E-state index in [1.165, 1.54) is 0 Å². The molecule has 0 aromatic heterocycles. The molecule has 0 spiro atoms. The highest BCUT2D eigenvalue weighted by Crippen LogP contribution is 2.53. The molecule has 0 aromatic rings. The van der Waals surface area contributed by atoms with Gasteiger partial charge in [-0.1, -0.05) is 0 Å². The number of phosphoric ester groups is 1. The molecule has 1 aliphatic rings. The molecule has 1 heterocycles. The fourth-order valence-corrected chi connectivity index (χ4v) is 4.66. The van der Waals surface area contributed by atoms with Crippen molar-refractivity contribution in [1.29, 1.82) is 0 Å². The summed E-state index contributed by atoms with van der Waals surface area (Å²) in [6.45, 7) is 0.595. The molecule has 1 fully saturated rings. The van der Waals surface area contributed by atoms with Crippen molar-refractivity contribution in [3.05, 3.63) is 0 Å². The standard InChI is InChI=1S/C10H21NO9P2/c1-11(2)5-3-4-7(10(12)13)8(11)6-9(21(14,15)16)20-22(17,18)19/h7-9H,3-6H2,1-2H3,(H4-,12,13,14,15,16,17,18,19)/p+1. The normalized spacial score (nSPS) is 27.4. The molecular formula is C10H22NO9P2+. The number of carbonyl (C=O) groups is 1. The lowest BCUT2D eigenvalue weighted by atomic mass is 9.86. The van der Waals surface area contributed by atoms with Gasteiger partial charge in [0.1, 0.15) is 12.0 Å². The number of hydrogen-bond acceptors (Lipinski definition) is 4. The summed E-state index contributed by atoms with van der Waals surface area (Å²) in [5.74, 6) is -4.01. The lowest BCUT2D eigenvalue weighted by molar-refractivity contribution is -0.923. The average Bonchev–Trinajstić information content (AvgIpc) is 2.26. The molecule has 1 aliphatic heterocycles. The first-order chi connectivity index (χ1) is 9.74. The van der Waals surface area contributed by atoms with Crippen LogP contribution in [0.1, 0.15) is 19.3 Å². The largest absolute Gasteiger partial charge is 0.481 e. The second-order valence-corrected chi connectivity index (χ2v) is 8.98. The van der Waals surface area contributed by atoms with Crippen molar-refractivity contribution in [1.82, 2.24) is 0 Å². The van der Waals surface area contributed by atoms with Gasteiger partial charge in [0.2, 0.25) is 0 Å². The quantitative estimate of drug-likeness (QED) is 0.321. The fourth-order valence-electron chi connectivity index (χ4n) is 2.91. The molecule has 3 unspecified atom stereocenters. The van der Waals surface area contributed by atoms with E-state index in [9.17, 15) is 28.8 Å². The number of aliphatic carboxylic acids is 1. The molecular weight excluding hydrogens is 340 g/mol. The van der Waals surface area contributed by atoms with E-state index in [-0.39, 0.29) is 4.48 Å². The third kappa shape index (κ3) is 5.40. The summed E-state index contributed by atoms with van der Waals surface area (Å²) in [6, 6.07) is -0.726. The average molecular weight is 362 g/mol. The monoisotopic (exact) mass is 362 g/mol. The first-order valence-corrected chi connectivity index (χ1v) is 9.80. The maximum Gasteiger partial charge on any atom is 0.470 e. The van der Waals surface area contributed by atoms with Crippen LogP contribution in [0.15, 0.2) is 0 Å². The molecule has 5 N–H and O–H groups in total. The van der Waals surface area contributed by atoms with Crippen LogP contribution in [0.2, 0.25) is 0 Å². The third-order valence-corrected chi connectivity index (χ3v) is 5.77. The molecule has 3 atom stereocenters. The maximum atomic E-state index is 11.4. The molecule has 22 heavy (non-hydrogen) atoms. The van der Waals surface area contributed by atoms with Gasteiger partial charge < -0.3 is 29.2 Å². The lowest BCUT2D eigenvalue weighted by Crippen LogP contribution is -2.58. The summed E-state index contributed by atoms with van der Waals surface area (Å²) in [6.07, 6.45) is 0.519. The van der Waals surface area contributed by atoms with Crippen molar-refractivity contribution in [2.75, 3.05) is 20.6 Å². The van der Waals surface area contributed by atoms with Crippen LogP contribution >= 0.6 is 15.4 Å². The van der Waals surface area contributed by atoms with Gasteiger partial charge in [0.05, 0.1) is 20.6 Å². The van der Waals surface area contributed by atoms with Crippen LogP contribution in [-0.4, -0.2) is 67.7 Å². The predicted octanol–water partition coefficient (Wildman–Crippen LogP) is -0.0708. The van der Waals surface area contributed by atoms with Gasteiger partial charge in [-0.3, -0.25) is 13.9 Å². The molecule has 0 aromatic carbocycles. The van der Waals surface area contributed by atoms with Crippen LogP contribution in [0.25, 0.3) is 0 Å². The van der Waals surface area contributed by atoms with Gasteiger partial charge in [0.15, 0.2) is 5.85 Å². The van der Waals surface area contributed by atoms with Crippen LogP contribution in [0.3, 0.4) is 0 Å². The zero-order valence-electron chi connectivity index (χ0n) is 12.3. The Morgan fingerprint density at radius 1 is 1.27 bits per heavy atom. The fraction of sp³-hybridized carbons (Fsp3) is 0.900. The van der Waals surface area contributed by atoms with Crippen LogP contribution < -0.4 is 0 Å². The molecule has 0 bridgehead atoms. The predicted molar refractivity (Wildman–Crippen MR) is 74.7 cm³/mol. The Labute approximate surface area is 127 Å². The number of likely N-dealkylation sites (tertiary alicyclic amines) is 1. The minimum Gasteiger partial charge on any atom is -0.481 e. The van der Waals surface area contributed by atoms with Gasteiger partial charge >= 0.3 is 21.4 Å². The van der Waals surface area contributed by atoms with Crippen LogP contribution in [0, 0.1) is 5.92 Å². The van der Waals surface area contributed by atoms with Crippen LogP contribution in [0.4, 0.5) is 0 Å². The summed E-state index contributed by atoms with van der Waals surface area (Å²) in [5.41, 5.74) is 0. The third-order valence-electron chi connectivity index (χ3n) is 4.01. The zero-order chi connectivity index (χ0) is 17.3. The first-order valence-electron chi connectivity index (χ1n) is 6.58. The van der Waals surface area contributed by atoms with Crippen molar-refractivity contribution in [2.45, 2.75) is 31.1 Å². The van der Waals surface area contributed by atoms with Crippen LogP contribution in [0.5, 0.6) is 0 Å². The summed E-state index contributed by atoms with van der Waals surface area (Å²) in [5, 5.41) is 9.29. The second kappa shape index (κ2) is 6.67. The molecule has 0 radical (unpaired) electrons. The summed E-state index contributed by atoms with van der Waals surface area (Å²) in [7, 11) is -6.65. The molecule has 1 rings (SSSR count). The highest BCUT2D eigenvalue weighted by Gasteiger charge is 2.48. The lowest BCUT2D eigenvalue weighted by Gasteiger charge is -2.45. The minimum absolute atomic E-state index is 0.179. The van der Waals surface area contributed by atoms with Crippen molar-refractivity contribution in [3.63, 3.8) is 0 Å².